The maximum absolute atomic E-state index is 5.08. The first-order chi connectivity index (χ1) is 12.2. The van der Waals surface area contributed by atoms with Gasteiger partial charge in [0.15, 0.2) is 0 Å². The lowest BCUT2D eigenvalue weighted by molar-refractivity contribution is 0.360. The molecule has 1 aliphatic rings. The van der Waals surface area contributed by atoms with Gasteiger partial charge in [0.2, 0.25) is 0 Å². The van der Waals surface area contributed by atoms with Crippen LogP contribution >= 0.6 is 15.9 Å². The van der Waals surface area contributed by atoms with Gasteiger partial charge in [-0.25, -0.2) is 4.98 Å². The van der Waals surface area contributed by atoms with E-state index in [1.54, 1.807) is 0 Å². The summed E-state index contributed by atoms with van der Waals surface area (Å²) in [4.78, 5) is 9.94. The Morgan fingerprint density at radius 2 is 1.72 bits per heavy atom. The molecule has 3 nitrogen and oxygen atoms in total. The van der Waals surface area contributed by atoms with Crippen molar-refractivity contribution in [3.63, 3.8) is 0 Å². The summed E-state index contributed by atoms with van der Waals surface area (Å²) in [5, 5.41) is 2.50. The van der Waals surface area contributed by atoms with E-state index in [1.807, 2.05) is 0 Å². The summed E-state index contributed by atoms with van der Waals surface area (Å²) in [6.45, 7) is 4.32. The lowest BCUT2D eigenvalue weighted by Crippen LogP contribution is -2.29. The smallest absolute Gasteiger partial charge is 0.137 e. The van der Waals surface area contributed by atoms with Crippen molar-refractivity contribution in [1.29, 1.82) is 0 Å². The Bertz CT molecular complexity index is 876. The molecule has 0 unspecified atom stereocenters. The predicted octanol–water partition coefficient (Wildman–Crippen LogP) is 4.81. The van der Waals surface area contributed by atoms with Gasteiger partial charge in [0.25, 0.3) is 0 Å². The first kappa shape index (κ1) is 16.6. The maximum atomic E-state index is 5.08. The van der Waals surface area contributed by atoms with Crippen LogP contribution in [0.1, 0.15) is 6.42 Å². The number of rotatable bonds is 2. The molecule has 1 aliphatic heterocycles. The molecule has 0 atom stereocenters. The molecule has 4 rings (SSSR count). The van der Waals surface area contributed by atoms with Gasteiger partial charge in [0, 0.05) is 35.1 Å². The molecule has 0 bridgehead atoms. The quantitative estimate of drug-likeness (QED) is 0.620. The Morgan fingerprint density at radius 1 is 0.920 bits per heavy atom. The van der Waals surface area contributed by atoms with E-state index in [0.29, 0.717) is 0 Å². The fraction of sp³-hybridized carbons (Fsp3) is 0.286. The van der Waals surface area contributed by atoms with E-state index in [-0.39, 0.29) is 0 Å². The molecule has 1 saturated heterocycles. The highest BCUT2D eigenvalue weighted by molar-refractivity contribution is 9.10. The first-order valence-corrected chi connectivity index (χ1v) is 9.59. The summed E-state index contributed by atoms with van der Waals surface area (Å²) in [5.41, 5.74) is 2.20. The molecule has 1 fully saturated rings. The van der Waals surface area contributed by atoms with Crippen molar-refractivity contribution in [2.45, 2.75) is 6.42 Å². The third kappa shape index (κ3) is 3.55. The number of aromatic nitrogens is 1. The molecule has 0 radical (unpaired) electrons. The van der Waals surface area contributed by atoms with Crippen molar-refractivity contribution >= 4 is 32.5 Å². The highest BCUT2D eigenvalue weighted by Gasteiger charge is 2.17. The van der Waals surface area contributed by atoms with E-state index < -0.39 is 0 Å². The second-order valence-electron chi connectivity index (χ2n) is 6.70. The molecular formula is C21H22BrN3. The van der Waals surface area contributed by atoms with Crippen molar-refractivity contribution in [2.75, 3.05) is 38.1 Å². The number of fused-ring (bicyclic) bond motifs is 1. The molecule has 0 aliphatic carbocycles. The number of hydrogen-bond donors (Lipinski definition) is 0. The zero-order valence-electron chi connectivity index (χ0n) is 14.5. The van der Waals surface area contributed by atoms with Crippen LogP contribution < -0.4 is 4.90 Å². The highest BCUT2D eigenvalue weighted by atomic mass is 79.9. The second-order valence-corrected chi connectivity index (χ2v) is 7.62. The van der Waals surface area contributed by atoms with Crippen molar-refractivity contribution in [3.8, 4) is 11.3 Å². The van der Waals surface area contributed by atoms with E-state index in [2.05, 4.69) is 87.4 Å². The molecular weight excluding hydrogens is 374 g/mol. The Labute approximate surface area is 157 Å². The standard InChI is InChI=1S/C21H22BrN3/c1-24-11-4-12-25(14-13-24)21-19-6-3-2-5-17(19)15-20(23-21)16-7-9-18(22)10-8-16/h2-3,5-10,15H,4,11-14H2,1H3. The fourth-order valence-corrected chi connectivity index (χ4v) is 3.71. The van der Waals surface area contributed by atoms with Crippen LogP contribution in [0.15, 0.2) is 59.1 Å². The van der Waals surface area contributed by atoms with Gasteiger partial charge in [-0.3, -0.25) is 0 Å². The SMILES string of the molecule is CN1CCCN(c2nc(-c3ccc(Br)cc3)cc3ccccc23)CC1. The van der Waals surface area contributed by atoms with E-state index in [9.17, 15) is 0 Å². The Hall–Kier alpha value is -1.91. The molecule has 3 aromatic rings. The molecule has 0 amide bonds. The Kier molecular flexibility index (Phi) is 4.73. The highest BCUT2D eigenvalue weighted by Crippen LogP contribution is 2.31. The number of nitrogens with zero attached hydrogens (tertiary/aromatic N) is 3. The van der Waals surface area contributed by atoms with Gasteiger partial charge in [-0.15, -0.1) is 0 Å². The number of benzene rings is 2. The first-order valence-electron chi connectivity index (χ1n) is 8.80. The van der Waals surface area contributed by atoms with Crippen molar-refractivity contribution in [3.05, 3.63) is 59.1 Å². The molecule has 0 saturated carbocycles. The van der Waals surface area contributed by atoms with Gasteiger partial charge in [0.1, 0.15) is 5.82 Å². The Morgan fingerprint density at radius 3 is 2.56 bits per heavy atom. The predicted molar refractivity (Wildman–Crippen MR) is 109 cm³/mol. The van der Waals surface area contributed by atoms with Gasteiger partial charge in [-0.05, 0) is 43.6 Å². The van der Waals surface area contributed by atoms with Crippen LogP contribution in [-0.2, 0) is 0 Å². The van der Waals surface area contributed by atoms with E-state index >= 15 is 0 Å². The van der Waals surface area contributed by atoms with Crippen LogP contribution in [0.2, 0.25) is 0 Å². The molecule has 2 aromatic carbocycles. The zero-order chi connectivity index (χ0) is 17.2. The molecule has 25 heavy (non-hydrogen) atoms. The fourth-order valence-electron chi connectivity index (χ4n) is 3.45. The van der Waals surface area contributed by atoms with Gasteiger partial charge < -0.3 is 9.80 Å². The topological polar surface area (TPSA) is 19.4 Å². The minimum atomic E-state index is 1.03. The average Bonchev–Trinajstić information content (AvgIpc) is 2.86. The van der Waals surface area contributed by atoms with Crippen LogP contribution in [0.5, 0.6) is 0 Å². The number of anilines is 1. The largest absolute Gasteiger partial charge is 0.355 e. The minimum absolute atomic E-state index is 1.03. The lowest BCUT2D eigenvalue weighted by Gasteiger charge is -2.24. The summed E-state index contributed by atoms with van der Waals surface area (Å²) >= 11 is 3.52. The third-order valence-electron chi connectivity index (χ3n) is 4.88. The van der Waals surface area contributed by atoms with Crippen LogP contribution in [0, 0.1) is 0 Å². The molecule has 0 spiro atoms. The van der Waals surface area contributed by atoms with Crippen molar-refractivity contribution < 1.29 is 0 Å². The normalized spacial score (nSPS) is 16.2. The molecule has 4 heteroatoms. The molecule has 128 valence electrons. The van der Waals surface area contributed by atoms with Crippen molar-refractivity contribution in [2.24, 2.45) is 0 Å². The van der Waals surface area contributed by atoms with Gasteiger partial charge in [-0.1, -0.05) is 52.3 Å². The summed E-state index contributed by atoms with van der Waals surface area (Å²) in [6.07, 6.45) is 1.18. The van der Waals surface area contributed by atoms with Gasteiger partial charge in [0.05, 0.1) is 5.69 Å². The Balaban J connectivity index is 1.82. The van der Waals surface area contributed by atoms with E-state index in [1.165, 1.54) is 17.2 Å². The molecule has 1 aromatic heterocycles. The summed E-state index contributed by atoms with van der Waals surface area (Å²) in [5.74, 6) is 1.12. The van der Waals surface area contributed by atoms with Gasteiger partial charge >= 0.3 is 0 Å². The third-order valence-corrected chi connectivity index (χ3v) is 5.41. The summed E-state index contributed by atoms with van der Waals surface area (Å²) in [7, 11) is 2.20. The zero-order valence-corrected chi connectivity index (χ0v) is 16.0. The lowest BCUT2D eigenvalue weighted by atomic mass is 10.1. The van der Waals surface area contributed by atoms with Crippen LogP contribution in [-0.4, -0.2) is 43.1 Å². The summed E-state index contributed by atoms with van der Waals surface area (Å²) < 4.78 is 1.09. The number of likely N-dealkylation sites (N-methyl/N-ethyl adjacent to an activating group) is 1. The maximum Gasteiger partial charge on any atom is 0.137 e. The van der Waals surface area contributed by atoms with E-state index in [4.69, 9.17) is 4.98 Å². The minimum Gasteiger partial charge on any atom is -0.355 e. The van der Waals surface area contributed by atoms with Crippen LogP contribution in [0.3, 0.4) is 0 Å². The van der Waals surface area contributed by atoms with Crippen LogP contribution in [0.25, 0.3) is 22.0 Å². The van der Waals surface area contributed by atoms with Crippen LogP contribution in [0.4, 0.5) is 5.82 Å². The van der Waals surface area contributed by atoms with Gasteiger partial charge in [-0.2, -0.15) is 0 Å². The molecule has 2 heterocycles. The molecule has 0 N–H and O–H groups in total. The number of halogens is 1. The van der Waals surface area contributed by atoms with Crippen molar-refractivity contribution in [1.82, 2.24) is 9.88 Å². The monoisotopic (exact) mass is 395 g/mol. The number of hydrogen-bond acceptors (Lipinski definition) is 3. The second kappa shape index (κ2) is 7.14. The van der Waals surface area contributed by atoms with E-state index in [0.717, 1.165) is 47.7 Å². The summed E-state index contributed by atoms with van der Waals surface area (Å²) in [6, 6.07) is 19.2. The number of pyridine rings is 1. The average molecular weight is 396 g/mol.